The van der Waals surface area contributed by atoms with E-state index in [0.717, 1.165) is 11.6 Å². The molecule has 6 nitrogen and oxygen atoms in total. The SMILES string of the molecule is O=C(NC1=CS(=S(=O)=O)C=N1)Oc1cc(Br)c(F)cc1F. The predicted molar refractivity (Wildman–Crippen MR) is 76.1 cm³/mol. The standard InChI is InChI=1S/C10H5BrF2N2O4S2/c11-5-1-8(7(13)2-6(5)12)19-10(16)15-9-3-20(4-14-9)21(17)18/h1-4H,(H,15,16). The molecule has 1 heterocycles. The Bertz CT molecular complexity index is 813. The van der Waals surface area contributed by atoms with Gasteiger partial charge in [-0.1, -0.05) is 0 Å². The molecule has 0 bridgehead atoms. The Balaban J connectivity index is 2.11. The van der Waals surface area contributed by atoms with Gasteiger partial charge in [-0.3, -0.25) is 5.32 Å². The fraction of sp³-hybridized carbons (Fsp3) is 0. The lowest BCUT2D eigenvalue weighted by Gasteiger charge is -2.07. The first-order valence-electron chi connectivity index (χ1n) is 5.08. The third-order valence-corrected chi connectivity index (χ3v) is 5.27. The Morgan fingerprint density at radius 3 is 2.67 bits per heavy atom. The van der Waals surface area contributed by atoms with Crippen molar-refractivity contribution in [1.82, 2.24) is 5.32 Å². The summed E-state index contributed by atoms with van der Waals surface area (Å²) in [5.41, 5.74) is 1.13. The fourth-order valence-corrected chi connectivity index (χ4v) is 3.17. The van der Waals surface area contributed by atoms with Gasteiger partial charge in [-0.2, -0.15) is 8.42 Å². The van der Waals surface area contributed by atoms with Gasteiger partial charge >= 0.3 is 6.09 Å². The highest BCUT2D eigenvalue weighted by Gasteiger charge is 2.15. The molecule has 1 N–H and O–H groups in total. The van der Waals surface area contributed by atoms with Gasteiger partial charge in [0.25, 0.3) is 0 Å². The van der Waals surface area contributed by atoms with E-state index in [4.69, 9.17) is 0 Å². The van der Waals surface area contributed by atoms with Crippen LogP contribution in [0.2, 0.25) is 0 Å². The molecule has 112 valence electrons. The van der Waals surface area contributed by atoms with E-state index in [9.17, 15) is 22.0 Å². The Morgan fingerprint density at radius 2 is 2.05 bits per heavy atom. The third-order valence-electron chi connectivity index (χ3n) is 2.09. The molecular weight excluding hydrogens is 394 g/mol. The number of carbonyl (C=O) groups excluding carboxylic acids is 1. The molecule has 1 aliphatic heterocycles. The quantitative estimate of drug-likeness (QED) is 0.772. The first-order valence-corrected chi connectivity index (χ1v) is 8.81. The summed E-state index contributed by atoms with van der Waals surface area (Å²) in [7, 11) is -3.59. The zero-order valence-corrected chi connectivity index (χ0v) is 13.1. The normalized spacial score (nSPS) is 16.5. The van der Waals surface area contributed by atoms with Crippen LogP contribution in [0.3, 0.4) is 0 Å². The second-order valence-electron chi connectivity index (χ2n) is 3.48. The van der Waals surface area contributed by atoms with Crippen LogP contribution >= 0.6 is 15.9 Å². The first kappa shape index (κ1) is 15.8. The Kier molecular flexibility index (Phi) is 4.85. The second-order valence-corrected chi connectivity index (χ2v) is 7.82. The van der Waals surface area contributed by atoms with Gasteiger partial charge in [0, 0.05) is 27.0 Å². The van der Waals surface area contributed by atoms with E-state index in [0.29, 0.717) is 6.07 Å². The molecular formula is C10H5BrF2N2O4S2. The number of nitrogens with one attached hydrogen (secondary N) is 1. The molecule has 0 spiro atoms. The van der Waals surface area contributed by atoms with E-state index >= 15 is 0 Å². The Labute approximate surface area is 128 Å². The van der Waals surface area contributed by atoms with Crippen molar-refractivity contribution >= 4 is 46.3 Å². The highest BCUT2D eigenvalue weighted by Crippen LogP contribution is 2.25. The molecule has 0 saturated heterocycles. The van der Waals surface area contributed by atoms with Crippen molar-refractivity contribution in [1.29, 1.82) is 0 Å². The zero-order chi connectivity index (χ0) is 15.6. The summed E-state index contributed by atoms with van der Waals surface area (Å²) in [6.07, 6.45) is -1.09. The molecule has 1 aromatic rings. The summed E-state index contributed by atoms with van der Waals surface area (Å²) in [6, 6.07) is 1.51. The lowest BCUT2D eigenvalue weighted by Crippen LogP contribution is -2.25. The summed E-state index contributed by atoms with van der Waals surface area (Å²) >= 11 is 2.83. The van der Waals surface area contributed by atoms with Crippen molar-refractivity contribution in [3.8, 4) is 5.75 Å². The number of hydrogen-bond donors (Lipinski definition) is 1. The number of hydrogen-bond acceptors (Lipinski definition) is 5. The van der Waals surface area contributed by atoms with E-state index in [1.54, 1.807) is 0 Å². The van der Waals surface area contributed by atoms with E-state index in [-0.39, 0.29) is 10.3 Å². The molecule has 2 rings (SSSR count). The molecule has 11 heteroatoms. The third kappa shape index (κ3) is 3.95. The van der Waals surface area contributed by atoms with Crippen molar-refractivity contribution in [2.45, 2.75) is 0 Å². The first-order chi connectivity index (χ1) is 9.86. The lowest BCUT2D eigenvalue weighted by atomic mass is 10.3. The summed E-state index contributed by atoms with van der Waals surface area (Å²) in [6.45, 7) is 0. The molecule has 1 atom stereocenters. The van der Waals surface area contributed by atoms with Crippen molar-refractivity contribution in [3.05, 3.63) is 39.5 Å². The number of nitrogens with zero attached hydrogens (tertiary/aromatic N) is 1. The van der Waals surface area contributed by atoms with E-state index in [1.807, 2.05) is 0 Å². The van der Waals surface area contributed by atoms with Gasteiger partial charge in [0.1, 0.15) is 11.6 Å². The summed E-state index contributed by atoms with van der Waals surface area (Å²) in [5.74, 6) is -2.43. The van der Waals surface area contributed by atoms with Gasteiger partial charge in [-0.15, -0.1) is 0 Å². The summed E-state index contributed by atoms with van der Waals surface area (Å²) in [4.78, 5) is 15.2. The van der Waals surface area contributed by atoms with Crippen LogP contribution in [0.1, 0.15) is 0 Å². The van der Waals surface area contributed by atoms with Crippen LogP contribution < -0.4 is 10.1 Å². The maximum atomic E-state index is 13.4. The van der Waals surface area contributed by atoms with Crippen LogP contribution in [0.15, 0.2) is 32.8 Å². The molecule has 0 radical (unpaired) electrons. The van der Waals surface area contributed by atoms with Crippen molar-refractivity contribution in [2.75, 3.05) is 0 Å². The van der Waals surface area contributed by atoms with Crippen LogP contribution in [0.25, 0.3) is 0 Å². The minimum atomic E-state index is -2.37. The van der Waals surface area contributed by atoms with Crippen molar-refractivity contribution < 1.29 is 26.7 Å². The number of aliphatic imine (C=N–C) groups is 1. The summed E-state index contributed by atoms with van der Waals surface area (Å²) in [5, 5.41) is 3.33. The number of ether oxygens (including phenoxy) is 1. The number of halogens is 3. The van der Waals surface area contributed by atoms with Crippen LogP contribution in [-0.4, -0.2) is 20.1 Å². The Morgan fingerprint density at radius 1 is 1.33 bits per heavy atom. The molecule has 0 aliphatic carbocycles. The molecule has 21 heavy (non-hydrogen) atoms. The van der Waals surface area contributed by atoms with Crippen LogP contribution in [0.4, 0.5) is 13.6 Å². The molecule has 1 amide bonds. The highest BCUT2D eigenvalue weighted by molar-refractivity contribution is 9.10. The van der Waals surface area contributed by atoms with E-state index < -0.39 is 42.2 Å². The van der Waals surface area contributed by atoms with Gasteiger partial charge in [-0.05, 0) is 15.9 Å². The van der Waals surface area contributed by atoms with Gasteiger partial charge in [0.15, 0.2) is 11.6 Å². The van der Waals surface area contributed by atoms with Crippen LogP contribution in [0.5, 0.6) is 5.75 Å². The van der Waals surface area contributed by atoms with E-state index in [2.05, 4.69) is 31.0 Å². The lowest BCUT2D eigenvalue weighted by molar-refractivity contribution is 0.201. The summed E-state index contributed by atoms with van der Waals surface area (Å²) < 4.78 is 52.3. The molecule has 0 aromatic heterocycles. The minimum absolute atomic E-state index is 0.0332. The van der Waals surface area contributed by atoms with Crippen LogP contribution in [0, 0.1) is 11.6 Å². The van der Waals surface area contributed by atoms with Crippen LogP contribution in [-0.2, 0) is 18.7 Å². The van der Waals surface area contributed by atoms with Gasteiger partial charge in [0.05, 0.1) is 10.0 Å². The number of rotatable bonds is 2. The van der Waals surface area contributed by atoms with Crippen molar-refractivity contribution in [3.63, 3.8) is 0 Å². The number of carbonyl (C=O) groups is 1. The zero-order valence-electron chi connectivity index (χ0n) is 9.84. The molecule has 0 saturated carbocycles. The number of benzene rings is 1. The second kappa shape index (κ2) is 6.45. The van der Waals surface area contributed by atoms with Crippen molar-refractivity contribution in [2.24, 2.45) is 4.99 Å². The average molecular weight is 399 g/mol. The Hall–Kier alpha value is -1.59. The molecule has 1 aliphatic rings. The monoisotopic (exact) mass is 398 g/mol. The average Bonchev–Trinajstić information content (AvgIpc) is 2.84. The highest BCUT2D eigenvalue weighted by atomic mass is 79.9. The molecule has 1 aromatic carbocycles. The van der Waals surface area contributed by atoms with Gasteiger partial charge < -0.3 is 4.74 Å². The molecule has 0 fully saturated rings. The van der Waals surface area contributed by atoms with E-state index in [1.165, 1.54) is 5.41 Å². The smallest absolute Gasteiger partial charge is 0.407 e. The maximum absolute atomic E-state index is 13.4. The fourth-order valence-electron chi connectivity index (χ4n) is 1.23. The minimum Gasteiger partial charge on any atom is -0.407 e. The largest absolute Gasteiger partial charge is 0.418 e. The van der Waals surface area contributed by atoms with Gasteiger partial charge in [-0.25, -0.2) is 18.6 Å². The topological polar surface area (TPSA) is 84.8 Å². The predicted octanol–water partition coefficient (Wildman–Crippen LogP) is 2.07. The number of amides is 1. The molecule has 1 unspecified atom stereocenters. The maximum Gasteiger partial charge on any atom is 0.418 e. The van der Waals surface area contributed by atoms with Gasteiger partial charge in [0.2, 0.25) is 9.26 Å².